The molecular weight excluding hydrogens is 682 g/mol. The third kappa shape index (κ3) is 4.68. The zero-order chi connectivity index (χ0) is 32.4. The molecule has 0 aliphatic carbocycles. The smallest absolute Gasteiger partial charge is 0.297 e. The number of anilines is 2. The quantitative estimate of drug-likeness (QED) is 0.129. The second-order valence-corrected chi connectivity index (χ2v) is 14.0. The standard InChI is InChI=1S/C34H19Cl2FN4O4S2/c35-20-9-5-19(6-10-20)17-46-33-39-38-32(47-33)41-30(43)29-27(28(42)23-15-21(36)11-14-26(23)45-29)34(41)24-3-1-2-4-25(24)40(31(34)44)16-18-7-12-22(37)13-8-18/h1-15H,16-17H2. The van der Waals surface area contributed by atoms with Gasteiger partial charge in [-0.2, -0.15) is 0 Å². The second-order valence-electron chi connectivity index (χ2n) is 10.9. The van der Waals surface area contributed by atoms with Crippen LogP contribution in [0.1, 0.15) is 32.8 Å². The molecule has 4 aromatic carbocycles. The lowest BCUT2D eigenvalue weighted by Crippen LogP contribution is -2.53. The SMILES string of the molecule is O=C1c2oc3ccc(Cl)cc3c(=O)c2C2(C(=O)N(Cc3ccc(F)cc3)c3ccccc32)N1c1nnc(SCc2ccc(Cl)cc2)s1. The Labute approximate surface area is 284 Å². The maximum Gasteiger partial charge on any atom is 0.297 e. The van der Waals surface area contributed by atoms with E-state index in [0.717, 1.165) is 16.9 Å². The maximum atomic E-state index is 15.0. The van der Waals surface area contributed by atoms with E-state index >= 15 is 4.79 Å². The molecule has 8 nitrogen and oxygen atoms in total. The Balaban J connectivity index is 1.31. The summed E-state index contributed by atoms with van der Waals surface area (Å²) in [6.45, 7) is 0.0539. The Kier molecular flexibility index (Phi) is 7.17. The number of thioether (sulfide) groups is 1. The predicted molar refractivity (Wildman–Crippen MR) is 180 cm³/mol. The van der Waals surface area contributed by atoms with E-state index < -0.39 is 28.6 Å². The number of carbonyl (C=O) groups is 2. The van der Waals surface area contributed by atoms with Gasteiger partial charge in [0.1, 0.15) is 11.4 Å². The van der Waals surface area contributed by atoms with Gasteiger partial charge in [-0.25, -0.2) is 4.39 Å². The fourth-order valence-electron chi connectivity index (χ4n) is 6.14. The van der Waals surface area contributed by atoms with Gasteiger partial charge in [-0.3, -0.25) is 19.3 Å². The number of amides is 2. The van der Waals surface area contributed by atoms with E-state index in [4.69, 9.17) is 27.6 Å². The molecule has 1 unspecified atom stereocenters. The number of carbonyl (C=O) groups excluding carboxylic acids is 2. The van der Waals surface area contributed by atoms with E-state index in [1.807, 2.05) is 12.1 Å². The zero-order valence-corrected chi connectivity index (χ0v) is 27.1. The summed E-state index contributed by atoms with van der Waals surface area (Å²) < 4.78 is 20.4. The summed E-state index contributed by atoms with van der Waals surface area (Å²) >= 11 is 14.8. The minimum absolute atomic E-state index is 0.0539. The molecule has 1 atom stereocenters. The number of nitrogens with zero attached hydrogens (tertiary/aromatic N) is 4. The largest absolute Gasteiger partial charge is 0.450 e. The Hall–Kier alpha value is -4.55. The predicted octanol–water partition coefficient (Wildman–Crippen LogP) is 7.83. The summed E-state index contributed by atoms with van der Waals surface area (Å²) in [6.07, 6.45) is 0. The van der Waals surface area contributed by atoms with Crippen LogP contribution in [0.15, 0.2) is 105 Å². The first-order valence-electron chi connectivity index (χ1n) is 14.2. The lowest BCUT2D eigenvalue weighted by atomic mass is 9.84. The summed E-state index contributed by atoms with van der Waals surface area (Å²) in [5.74, 6) is -1.38. The van der Waals surface area contributed by atoms with Gasteiger partial charge in [0.15, 0.2) is 15.3 Å². The van der Waals surface area contributed by atoms with Crippen LogP contribution in [0.2, 0.25) is 10.0 Å². The third-order valence-electron chi connectivity index (χ3n) is 8.20. The Morgan fingerprint density at radius 2 is 1.60 bits per heavy atom. The zero-order valence-electron chi connectivity index (χ0n) is 23.9. The highest BCUT2D eigenvalue weighted by Gasteiger charge is 2.66. The number of rotatable bonds is 6. The van der Waals surface area contributed by atoms with Crippen molar-refractivity contribution in [2.45, 2.75) is 22.2 Å². The highest BCUT2D eigenvalue weighted by molar-refractivity contribution is 8.00. The van der Waals surface area contributed by atoms with Crippen LogP contribution in [0.3, 0.4) is 0 Å². The fourth-order valence-corrected chi connectivity index (χ4v) is 8.29. The van der Waals surface area contributed by atoms with Crippen LogP contribution in [0.4, 0.5) is 15.2 Å². The molecule has 47 heavy (non-hydrogen) atoms. The van der Waals surface area contributed by atoms with E-state index in [9.17, 15) is 14.0 Å². The normalized spacial score (nSPS) is 16.8. The summed E-state index contributed by atoms with van der Waals surface area (Å²) in [6, 6.07) is 24.7. The van der Waals surface area contributed by atoms with E-state index in [-0.39, 0.29) is 34.0 Å². The molecule has 0 fully saturated rings. The molecule has 6 aromatic rings. The van der Waals surface area contributed by atoms with Gasteiger partial charge < -0.3 is 9.32 Å². The number of hydrogen-bond acceptors (Lipinski definition) is 8. The summed E-state index contributed by atoms with van der Waals surface area (Å²) in [5, 5.41) is 9.87. The number of benzene rings is 4. The van der Waals surface area contributed by atoms with Crippen LogP contribution in [0, 0.1) is 5.82 Å². The highest BCUT2D eigenvalue weighted by atomic mass is 35.5. The van der Waals surface area contributed by atoms with Gasteiger partial charge in [0, 0.05) is 21.4 Å². The number of para-hydroxylation sites is 1. The molecule has 2 aliphatic rings. The third-order valence-corrected chi connectivity index (χ3v) is 10.8. The van der Waals surface area contributed by atoms with Gasteiger partial charge in [-0.05, 0) is 59.7 Å². The first-order chi connectivity index (χ1) is 22.8. The van der Waals surface area contributed by atoms with Crippen molar-refractivity contribution in [3.8, 4) is 0 Å². The van der Waals surface area contributed by atoms with Gasteiger partial charge in [-0.1, -0.05) is 88.8 Å². The van der Waals surface area contributed by atoms with Crippen molar-refractivity contribution in [3.63, 3.8) is 0 Å². The van der Waals surface area contributed by atoms with Crippen molar-refractivity contribution < 1.29 is 18.4 Å². The maximum absolute atomic E-state index is 15.0. The van der Waals surface area contributed by atoms with Crippen LogP contribution in [0.5, 0.6) is 0 Å². The van der Waals surface area contributed by atoms with E-state index in [1.165, 1.54) is 45.8 Å². The molecular formula is C34H19Cl2FN4O4S2. The Morgan fingerprint density at radius 1 is 0.872 bits per heavy atom. The molecule has 2 amide bonds. The molecule has 0 saturated carbocycles. The first kappa shape index (κ1) is 29.8. The van der Waals surface area contributed by atoms with Crippen molar-refractivity contribution in [2.75, 3.05) is 9.80 Å². The lowest BCUT2D eigenvalue weighted by Gasteiger charge is -2.32. The van der Waals surface area contributed by atoms with Crippen LogP contribution in [-0.2, 0) is 22.6 Å². The van der Waals surface area contributed by atoms with Crippen LogP contribution in [-0.4, -0.2) is 22.0 Å². The molecule has 0 bridgehead atoms. The molecule has 2 aliphatic heterocycles. The second kappa shape index (κ2) is 11.3. The van der Waals surface area contributed by atoms with Gasteiger partial charge in [0.05, 0.1) is 23.2 Å². The van der Waals surface area contributed by atoms with Gasteiger partial charge >= 0.3 is 0 Å². The molecule has 4 heterocycles. The van der Waals surface area contributed by atoms with E-state index in [0.29, 0.717) is 37.0 Å². The van der Waals surface area contributed by atoms with E-state index in [1.54, 1.807) is 54.6 Å². The molecule has 13 heteroatoms. The number of fused-ring (bicyclic) bond motifs is 5. The number of aromatic nitrogens is 2. The first-order valence-corrected chi connectivity index (χ1v) is 16.8. The monoisotopic (exact) mass is 700 g/mol. The van der Waals surface area contributed by atoms with Crippen molar-refractivity contribution in [3.05, 3.63) is 145 Å². The Bertz CT molecular complexity index is 2310. The van der Waals surface area contributed by atoms with E-state index in [2.05, 4.69) is 10.2 Å². The molecule has 1 spiro atoms. The number of halogens is 3. The average Bonchev–Trinajstić information content (AvgIpc) is 3.71. The Morgan fingerprint density at radius 3 is 2.38 bits per heavy atom. The van der Waals surface area contributed by atoms with Crippen LogP contribution in [0.25, 0.3) is 11.0 Å². The molecule has 8 rings (SSSR count). The van der Waals surface area contributed by atoms with Gasteiger partial charge in [0.25, 0.3) is 11.8 Å². The summed E-state index contributed by atoms with van der Waals surface area (Å²) in [4.78, 5) is 46.7. The molecule has 2 aromatic heterocycles. The molecule has 0 radical (unpaired) electrons. The number of hydrogen-bond donors (Lipinski definition) is 0. The molecule has 0 N–H and O–H groups in total. The summed E-state index contributed by atoms with van der Waals surface area (Å²) in [5.41, 5.74) is 0.0542. The highest BCUT2D eigenvalue weighted by Crippen LogP contribution is 2.55. The van der Waals surface area contributed by atoms with Crippen molar-refractivity contribution in [1.29, 1.82) is 0 Å². The fraction of sp³-hybridized carbons (Fsp3) is 0.0882. The summed E-state index contributed by atoms with van der Waals surface area (Å²) in [7, 11) is 0. The van der Waals surface area contributed by atoms with Crippen molar-refractivity contribution >= 4 is 79.9 Å². The molecule has 232 valence electrons. The minimum atomic E-state index is -1.96. The van der Waals surface area contributed by atoms with Gasteiger partial charge in [0.2, 0.25) is 10.9 Å². The van der Waals surface area contributed by atoms with Crippen molar-refractivity contribution in [1.82, 2.24) is 10.2 Å². The van der Waals surface area contributed by atoms with Crippen LogP contribution >= 0.6 is 46.3 Å². The van der Waals surface area contributed by atoms with Gasteiger partial charge in [-0.15, -0.1) is 10.2 Å². The van der Waals surface area contributed by atoms with Crippen molar-refractivity contribution in [2.24, 2.45) is 0 Å². The average molecular weight is 702 g/mol. The van der Waals surface area contributed by atoms with Crippen LogP contribution < -0.4 is 15.2 Å². The molecule has 0 saturated heterocycles. The topological polar surface area (TPSA) is 96.6 Å². The lowest BCUT2D eigenvalue weighted by molar-refractivity contribution is -0.121. The minimum Gasteiger partial charge on any atom is -0.450 e.